The number of nitrogens with zero attached hydrogens (tertiary/aromatic N) is 3. The van der Waals surface area contributed by atoms with E-state index in [1.807, 2.05) is 31.2 Å². The van der Waals surface area contributed by atoms with Crippen molar-refractivity contribution in [1.82, 2.24) is 25.3 Å². The number of aryl methyl sites for hydroxylation is 1. The Hall–Kier alpha value is -3.36. The third kappa shape index (κ3) is 4.56. The van der Waals surface area contributed by atoms with Gasteiger partial charge in [0.15, 0.2) is 5.69 Å². The molecule has 1 aliphatic heterocycles. The van der Waals surface area contributed by atoms with Crippen molar-refractivity contribution in [3.63, 3.8) is 0 Å². The molecule has 0 radical (unpaired) electrons. The highest BCUT2D eigenvalue weighted by molar-refractivity contribution is 5.94. The van der Waals surface area contributed by atoms with Crippen molar-refractivity contribution >= 4 is 23.5 Å². The standard InChI is InChI=1S/C20H26N6O3/c1-13-6-4-5-7-16(13)23-20(29)22-9-11-26-17-8-10-25(14(2)27)12-15(17)18(24-26)19(28)21-3/h4-7H,8-12H2,1-3H3,(H,21,28)(H2,22,23,29). The van der Waals surface area contributed by atoms with E-state index in [0.717, 1.165) is 22.5 Å². The monoisotopic (exact) mass is 398 g/mol. The van der Waals surface area contributed by atoms with E-state index in [9.17, 15) is 14.4 Å². The Morgan fingerprint density at radius 1 is 1.21 bits per heavy atom. The van der Waals surface area contributed by atoms with Crippen molar-refractivity contribution in [3.8, 4) is 0 Å². The second-order valence-electron chi connectivity index (χ2n) is 6.96. The van der Waals surface area contributed by atoms with Crippen LogP contribution in [0.3, 0.4) is 0 Å². The molecule has 0 unspecified atom stereocenters. The summed E-state index contributed by atoms with van der Waals surface area (Å²) in [4.78, 5) is 37.8. The predicted octanol–water partition coefficient (Wildman–Crippen LogP) is 1.28. The van der Waals surface area contributed by atoms with Gasteiger partial charge in [0, 0.05) is 57.0 Å². The summed E-state index contributed by atoms with van der Waals surface area (Å²) in [6, 6.07) is 7.25. The first kappa shape index (κ1) is 20.4. The van der Waals surface area contributed by atoms with E-state index in [2.05, 4.69) is 21.0 Å². The highest BCUT2D eigenvalue weighted by atomic mass is 16.2. The summed E-state index contributed by atoms with van der Waals surface area (Å²) in [6.45, 7) is 5.19. The zero-order chi connectivity index (χ0) is 21.0. The Balaban J connectivity index is 1.67. The van der Waals surface area contributed by atoms with Crippen molar-refractivity contribution in [2.24, 2.45) is 0 Å². The highest BCUT2D eigenvalue weighted by Gasteiger charge is 2.28. The molecule has 2 heterocycles. The van der Waals surface area contributed by atoms with Gasteiger partial charge in [-0.05, 0) is 18.6 Å². The molecule has 1 aromatic carbocycles. The number of aromatic nitrogens is 2. The van der Waals surface area contributed by atoms with Gasteiger partial charge in [0.05, 0.1) is 6.54 Å². The van der Waals surface area contributed by atoms with Gasteiger partial charge in [0.2, 0.25) is 5.91 Å². The molecule has 3 N–H and O–H groups in total. The third-order valence-electron chi connectivity index (χ3n) is 5.02. The highest BCUT2D eigenvalue weighted by Crippen LogP contribution is 2.23. The third-order valence-corrected chi connectivity index (χ3v) is 5.02. The van der Waals surface area contributed by atoms with Crippen LogP contribution < -0.4 is 16.0 Å². The van der Waals surface area contributed by atoms with Gasteiger partial charge >= 0.3 is 6.03 Å². The second kappa shape index (κ2) is 8.76. The van der Waals surface area contributed by atoms with Crippen LogP contribution in [-0.4, -0.2) is 52.7 Å². The number of hydrogen-bond acceptors (Lipinski definition) is 4. The van der Waals surface area contributed by atoms with Crippen LogP contribution >= 0.6 is 0 Å². The zero-order valence-electron chi connectivity index (χ0n) is 16.9. The van der Waals surface area contributed by atoms with E-state index < -0.39 is 0 Å². The molecule has 29 heavy (non-hydrogen) atoms. The maximum absolute atomic E-state index is 12.2. The zero-order valence-corrected chi connectivity index (χ0v) is 16.9. The summed E-state index contributed by atoms with van der Waals surface area (Å²) in [5.74, 6) is -0.309. The minimum absolute atomic E-state index is 0.0270. The summed E-state index contributed by atoms with van der Waals surface area (Å²) in [6.07, 6.45) is 0.619. The predicted molar refractivity (Wildman–Crippen MR) is 109 cm³/mol. The summed E-state index contributed by atoms with van der Waals surface area (Å²) in [5.41, 5.74) is 3.77. The van der Waals surface area contributed by atoms with E-state index in [-0.39, 0.29) is 17.8 Å². The quantitative estimate of drug-likeness (QED) is 0.705. The number of carbonyl (C=O) groups is 3. The summed E-state index contributed by atoms with van der Waals surface area (Å²) < 4.78 is 1.76. The molecule has 4 amide bonds. The molecule has 9 heteroatoms. The molecule has 0 fully saturated rings. The Morgan fingerprint density at radius 2 is 1.97 bits per heavy atom. The van der Waals surface area contributed by atoms with Crippen molar-refractivity contribution < 1.29 is 14.4 Å². The van der Waals surface area contributed by atoms with E-state index in [1.54, 1.807) is 16.6 Å². The van der Waals surface area contributed by atoms with Crippen LogP contribution in [0.15, 0.2) is 24.3 Å². The first-order valence-corrected chi connectivity index (χ1v) is 9.57. The van der Waals surface area contributed by atoms with Crippen LogP contribution in [0.2, 0.25) is 0 Å². The number of anilines is 1. The first-order chi connectivity index (χ1) is 13.9. The summed E-state index contributed by atoms with van der Waals surface area (Å²) in [7, 11) is 1.55. The van der Waals surface area contributed by atoms with Crippen LogP contribution in [0.25, 0.3) is 0 Å². The lowest BCUT2D eigenvalue weighted by Crippen LogP contribution is -2.36. The van der Waals surface area contributed by atoms with Crippen molar-refractivity contribution in [1.29, 1.82) is 0 Å². The fourth-order valence-corrected chi connectivity index (χ4v) is 3.40. The van der Waals surface area contributed by atoms with Gasteiger partial charge in [-0.1, -0.05) is 18.2 Å². The van der Waals surface area contributed by atoms with Gasteiger partial charge in [-0.2, -0.15) is 5.10 Å². The number of urea groups is 1. The van der Waals surface area contributed by atoms with Gasteiger partial charge in [-0.3, -0.25) is 14.3 Å². The van der Waals surface area contributed by atoms with Gasteiger partial charge in [0.25, 0.3) is 5.91 Å². The van der Waals surface area contributed by atoms with Crippen molar-refractivity contribution in [2.75, 3.05) is 25.5 Å². The number of amides is 4. The molecule has 1 aliphatic rings. The van der Waals surface area contributed by atoms with Gasteiger partial charge in [-0.25, -0.2) is 4.79 Å². The number of hydrogen-bond donors (Lipinski definition) is 3. The maximum Gasteiger partial charge on any atom is 0.319 e. The molecule has 0 spiro atoms. The van der Waals surface area contributed by atoms with E-state index in [0.29, 0.717) is 38.3 Å². The molecular formula is C20H26N6O3. The van der Waals surface area contributed by atoms with Gasteiger partial charge in [0.1, 0.15) is 0 Å². The summed E-state index contributed by atoms with van der Waals surface area (Å²) in [5, 5.41) is 12.7. The lowest BCUT2D eigenvalue weighted by molar-refractivity contribution is -0.129. The number of nitrogens with one attached hydrogen (secondary N) is 3. The topological polar surface area (TPSA) is 108 Å². The SMILES string of the molecule is CNC(=O)c1nn(CCNC(=O)Nc2ccccc2C)c2c1CN(C(C)=O)CC2. The molecule has 0 saturated heterocycles. The second-order valence-corrected chi connectivity index (χ2v) is 6.96. The van der Waals surface area contributed by atoms with E-state index in [1.165, 1.54) is 6.92 Å². The molecule has 0 atom stereocenters. The van der Waals surface area contributed by atoms with Crippen LogP contribution in [-0.2, 0) is 24.3 Å². The minimum atomic E-state index is -0.297. The van der Waals surface area contributed by atoms with Crippen molar-refractivity contribution in [2.45, 2.75) is 33.4 Å². The number of benzene rings is 1. The fraction of sp³-hybridized carbons (Fsp3) is 0.400. The molecule has 1 aromatic heterocycles. The Morgan fingerprint density at radius 3 is 2.66 bits per heavy atom. The minimum Gasteiger partial charge on any atom is -0.354 e. The molecule has 0 aliphatic carbocycles. The molecule has 2 aromatic rings. The summed E-state index contributed by atoms with van der Waals surface area (Å²) >= 11 is 0. The first-order valence-electron chi connectivity index (χ1n) is 9.57. The normalized spacial score (nSPS) is 12.9. The largest absolute Gasteiger partial charge is 0.354 e. The number of para-hydroxylation sites is 1. The average Bonchev–Trinajstić information content (AvgIpc) is 3.07. The maximum atomic E-state index is 12.2. The molecular weight excluding hydrogens is 372 g/mol. The van der Waals surface area contributed by atoms with Crippen LogP contribution in [0.4, 0.5) is 10.5 Å². The van der Waals surface area contributed by atoms with Gasteiger partial charge in [-0.15, -0.1) is 0 Å². The van der Waals surface area contributed by atoms with Gasteiger partial charge < -0.3 is 20.9 Å². The van der Waals surface area contributed by atoms with Crippen molar-refractivity contribution in [3.05, 3.63) is 46.8 Å². The lowest BCUT2D eigenvalue weighted by Gasteiger charge is -2.26. The molecule has 154 valence electrons. The van der Waals surface area contributed by atoms with E-state index >= 15 is 0 Å². The molecule has 0 bridgehead atoms. The fourth-order valence-electron chi connectivity index (χ4n) is 3.40. The van der Waals surface area contributed by atoms with E-state index in [4.69, 9.17) is 0 Å². The number of carbonyl (C=O) groups excluding carboxylic acids is 3. The Labute approximate surface area is 169 Å². The number of fused-ring (bicyclic) bond motifs is 1. The molecule has 3 rings (SSSR count). The Bertz CT molecular complexity index is 936. The van der Waals surface area contributed by atoms with Crippen LogP contribution in [0, 0.1) is 6.92 Å². The Kier molecular flexibility index (Phi) is 6.16. The molecule has 0 saturated carbocycles. The van der Waals surface area contributed by atoms with Crippen LogP contribution in [0.1, 0.15) is 34.2 Å². The average molecular weight is 398 g/mol. The van der Waals surface area contributed by atoms with Crippen LogP contribution in [0.5, 0.6) is 0 Å². The smallest absolute Gasteiger partial charge is 0.319 e. The lowest BCUT2D eigenvalue weighted by atomic mass is 10.0. The number of rotatable bonds is 5. The molecule has 9 nitrogen and oxygen atoms in total.